The molecule has 3 rings (SSSR count). The summed E-state index contributed by atoms with van der Waals surface area (Å²) in [6, 6.07) is 14.2. The van der Waals surface area contributed by atoms with E-state index >= 15 is 0 Å². The maximum absolute atomic E-state index is 4.41. The van der Waals surface area contributed by atoms with Crippen LogP contribution in [0, 0.1) is 0 Å². The Hall–Kier alpha value is -2.62. The highest BCUT2D eigenvalue weighted by molar-refractivity contribution is 5.42. The van der Waals surface area contributed by atoms with Gasteiger partial charge in [-0.25, -0.2) is 4.68 Å². The molecule has 1 N–H and O–H groups in total. The van der Waals surface area contributed by atoms with Gasteiger partial charge in [0.1, 0.15) is 0 Å². The summed E-state index contributed by atoms with van der Waals surface area (Å²) in [4.78, 5) is 4.10. The fourth-order valence-corrected chi connectivity index (χ4v) is 2.06. The van der Waals surface area contributed by atoms with E-state index in [2.05, 4.69) is 22.3 Å². The number of hydrogen-bond acceptors (Lipinski definition) is 3. The molecule has 2 aromatic heterocycles. The average Bonchev–Trinajstić information content (AvgIpc) is 2.99. The van der Waals surface area contributed by atoms with Crippen molar-refractivity contribution in [2.75, 3.05) is 5.32 Å². The third-order valence-electron chi connectivity index (χ3n) is 3.17. The topological polar surface area (TPSA) is 42.7 Å². The molecule has 4 nitrogen and oxygen atoms in total. The Labute approximate surface area is 118 Å². The molecular formula is C16H16N4. The van der Waals surface area contributed by atoms with Crippen LogP contribution < -0.4 is 5.32 Å². The van der Waals surface area contributed by atoms with Crippen LogP contribution in [0.4, 0.5) is 5.69 Å². The lowest BCUT2D eigenvalue weighted by Gasteiger charge is -2.12. The van der Waals surface area contributed by atoms with Crippen molar-refractivity contribution in [2.45, 2.75) is 13.0 Å². The monoisotopic (exact) mass is 264 g/mol. The van der Waals surface area contributed by atoms with E-state index in [-0.39, 0.29) is 6.04 Å². The molecule has 0 saturated carbocycles. The van der Waals surface area contributed by atoms with E-state index in [4.69, 9.17) is 0 Å². The van der Waals surface area contributed by atoms with Gasteiger partial charge in [-0.05, 0) is 31.2 Å². The minimum atomic E-state index is 0.177. The highest BCUT2D eigenvalue weighted by Crippen LogP contribution is 2.19. The van der Waals surface area contributed by atoms with Crippen LogP contribution in [0.15, 0.2) is 67.3 Å². The molecule has 0 saturated heterocycles. The van der Waals surface area contributed by atoms with Crippen LogP contribution in [0.1, 0.15) is 18.5 Å². The Morgan fingerprint density at radius 1 is 1.05 bits per heavy atom. The van der Waals surface area contributed by atoms with Crippen LogP contribution in [0.3, 0.4) is 0 Å². The fourth-order valence-electron chi connectivity index (χ4n) is 2.06. The van der Waals surface area contributed by atoms with Gasteiger partial charge in [0.25, 0.3) is 0 Å². The molecule has 0 amide bonds. The molecule has 0 bridgehead atoms. The number of aromatic nitrogens is 3. The van der Waals surface area contributed by atoms with Gasteiger partial charge in [-0.15, -0.1) is 0 Å². The minimum Gasteiger partial charge on any atom is -0.377 e. The maximum atomic E-state index is 4.41. The third-order valence-corrected chi connectivity index (χ3v) is 3.17. The molecule has 3 aromatic rings. The number of hydrogen-bond donors (Lipinski definition) is 1. The normalized spacial score (nSPS) is 12.1. The molecule has 0 aliphatic rings. The van der Waals surface area contributed by atoms with Crippen LogP contribution in [0.5, 0.6) is 0 Å². The number of para-hydroxylation sites is 1. The van der Waals surface area contributed by atoms with Crippen molar-refractivity contribution in [3.05, 3.63) is 72.8 Å². The summed E-state index contributed by atoms with van der Waals surface area (Å²) in [5.74, 6) is 0. The summed E-state index contributed by atoms with van der Waals surface area (Å²) in [5, 5.41) is 7.82. The van der Waals surface area contributed by atoms with E-state index in [1.54, 1.807) is 6.20 Å². The molecule has 0 spiro atoms. The highest BCUT2D eigenvalue weighted by atomic mass is 15.3. The SMILES string of the molecule is CC(Nc1cccnc1)c1cnn(-c2ccccc2)c1. The lowest BCUT2D eigenvalue weighted by Crippen LogP contribution is -2.05. The zero-order chi connectivity index (χ0) is 13.8. The van der Waals surface area contributed by atoms with Crippen LogP contribution in [-0.4, -0.2) is 14.8 Å². The fraction of sp³-hybridized carbons (Fsp3) is 0.125. The molecule has 0 fully saturated rings. The molecule has 0 radical (unpaired) electrons. The van der Waals surface area contributed by atoms with Gasteiger partial charge >= 0.3 is 0 Å². The van der Waals surface area contributed by atoms with Crippen molar-refractivity contribution < 1.29 is 0 Å². The third kappa shape index (κ3) is 2.69. The van der Waals surface area contributed by atoms with Gasteiger partial charge in [0.15, 0.2) is 0 Å². The number of nitrogens with zero attached hydrogens (tertiary/aromatic N) is 3. The van der Waals surface area contributed by atoms with E-state index in [0.717, 1.165) is 16.9 Å². The van der Waals surface area contributed by atoms with Crippen molar-refractivity contribution in [3.8, 4) is 5.69 Å². The number of benzene rings is 1. The molecule has 1 atom stereocenters. The van der Waals surface area contributed by atoms with Crippen molar-refractivity contribution in [1.82, 2.24) is 14.8 Å². The van der Waals surface area contributed by atoms with Gasteiger partial charge in [0.2, 0.25) is 0 Å². The number of rotatable bonds is 4. The summed E-state index contributed by atoms with van der Waals surface area (Å²) >= 11 is 0. The Balaban J connectivity index is 1.77. The van der Waals surface area contributed by atoms with E-state index in [0.29, 0.717) is 0 Å². The predicted molar refractivity (Wildman–Crippen MR) is 79.8 cm³/mol. The smallest absolute Gasteiger partial charge is 0.0645 e. The summed E-state index contributed by atoms with van der Waals surface area (Å²) in [6.45, 7) is 2.11. The van der Waals surface area contributed by atoms with Crippen molar-refractivity contribution >= 4 is 5.69 Å². The second kappa shape index (κ2) is 5.57. The molecular weight excluding hydrogens is 248 g/mol. The standard InChI is InChI=1S/C16H16N4/c1-13(19-15-6-5-9-17-11-15)14-10-18-20(12-14)16-7-3-2-4-8-16/h2-13,19H,1H3. The minimum absolute atomic E-state index is 0.177. The summed E-state index contributed by atoms with van der Waals surface area (Å²) in [7, 11) is 0. The molecule has 1 aromatic carbocycles. The van der Waals surface area contributed by atoms with Gasteiger partial charge in [-0.2, -0.15) is 5.10 Å². The van der Waals surface area contributed by atoms with Crippen molar-refractivity contribution in [2.24, 2.45) is 0 Å². The lowest BCUT2D eigenvalue weighted by molar-refractivity contribution is 0.868. The summed E-state index contributed by atoms with van der Waals surface area (Å²) < 4.78 is 1.89. The molecule has 0 aliphatic carbocycles. The van der Waals surface area contributed by atoms with Gasteiger partial charge in [0.05, 0.1) is 23.6 Å². The Morgan fingerprint density at radius 2 is 1.90 bits per heavy atom. The van der Waals surface area contributed by atoms with E-state index in [9.17, 15) is 0 Å². The van der Waals surface area contributed by atoms with Crippen LogP contribution in [0.2, 0.25) is 0 Å². The van der Waals surface area contributed by atoms with Crippen LogP contribution >= 0.6 is 0 Å². The number of anilines is 1. The highest BCUT2D eigenvalue weighted by Gasteiger charge is 2.08. The molecule has 0 aliphatic heterocycles. The molecule has 4 heteroatoms. The van der Waals surface area contributed by atoms with E-state index in [1.165, 1.54) is 0 Å². The first-order valence-corrected chi connectivity index (χ1v) is 6.59. The van der Waals surface area contributed by atoms with E-state index in [1.807, 2.05) is 65.7 Å². The first-order chi connectivity index (χ1) is 9.83. The Kier molecular flexibility index (Phi) is 3.46. The molecule has 100 valence electrons. The Morgan fingerprint density at radius 3 is 2.65 bits per heavy atom. The Bertz CT molecular complexity index is 661. The predicted octanol–water partition coefficient (Wildman–Crippen LogP) is 3.44. The second-order valence-electron chi connectivity index (χ2n) is 4.66. The number of pyridine rings is 1. The maximum Gasteiger partial charge on any atom is 0.0645 e. The van der Waals surface area contributed by atoms with E-state index < -0.39 is 0 Å². The lowest BCUT2D eigenvalue weighted by atomic mass is 10.2. The quantitative estimate of drug-likeness (QED) is 0.785. The largest absolute Gasteiger partial charge is 0.377 e. The first kappa shape index (κ1) is 12.4. The second-order valence-corrected chi connectivity index (χ2v) is 4.66. The van der Waals surface area contributed by atoms with Gasteiger partial charge in [-0.1, -0.05) is 18.2 Å². The van der Waals surface area contributed by atoms with Gasteiger partial charge in [-0.3, -0.25) is 4.98 Å². The first-order valence-electron chi connectivity index (χ1n) is 6.59. The van der Waals surface area contributed by atoms with Gasteiger partial charge < -0.3 is 5.32 Å². The number of nitrogens with one attached hydrogen (secondary N) is 1. The average molecular weight is 264 g/mol. The van der Waals surface area contributed by atoms with Crippen LogP contribution in [0.25, 0.3) is 5.69 Å². The zero-order valence-corrected chi connectivity index (χ0v) is 11.3. The van der Waals surface area contributed by atoms with Crippen LogP contribution in [-0.2, 0) is 0 Å². The zero-order valence-electron chi connectivity index (χ0n) is 11.3. The molecule has 20 heavy (non-hydrogen) atoms. The van der Waals surface area contributed by atoms with Crippen molar-refractivity contribution in [1.29, 1.82) is 0 Å². The molecule has 1 unspecified atom stereocenters. The summed E-state index contributed by atoms with van der Waals surface area (Å²) in [5.41, 5.74) is 3.21. The van der Waals surface area contributed by atoms with Crippen molar-refractivity contribution in [3.63, 3.8) is 0 Å². The summed E-state index contributed by atoms with van der Waals surface area (Å²) in [6.07, 6.45) is 7.52. The molecule has 2 heterocycles. The van der Waals surface area contributed by atoms with Gasteiger partial charge in [0, 0.05) is 24.2 Å².